The van der Waals surface area contributed by atoms with Crippen LogP contribution in [0.1, 0.15) is 38.4 Å². The van der Waals surface area contributed by atoms with Crippen LogP contribution in [0.2, 0.25) is 0 Å². The van der Waals surface area contributed by atoms with Crippen molar-refractivity contribution in [3.8, 4) is 0 Å². The number of ether oxygens (including phenoxy) is 1. The molecule has 2 aliphatic rings. The van der Waals surface area contributed by atoms with E-state index in [0.29, 0.717) is 6.10 Å². The third kappa shape index (κ3) is 3.96. The van der Waals surface area contributed by atoms with Gasteiger partial charge in [-0.15, -0.1) is 11.3 Å². The second-order valence-electron chi connectivity index (χ2n) is 7.06. The molecule has 2 aromatic heterocycles. The van der Waals surface area contributed by atoms with Crippen LogP contribution in [-0.4, -0.2) is 60.3 Å². The molecule has 0 unspecified atom stereocenters. The maximum Gasteiger partial charge on any atom is 0.141 e. The third-order valence-electron chi connectivity index (χ3n) is 5.37. The van der Waals surface area contributed by atoms with E-state index >= 15 is 0 Å². The van der Waals surface area contributed by atoms with Gasteiger partial charge in [-0.25, -0.2) is 9.97 Å². The number of thiophene rings is 1. The monoisotopic (exact) mass is 360 g/mol. The van der Waals surface area contributed by atoms with E-state index in [1.165, 1.54) is 31.3 Å². The standard InChI is InChI=1S/C19H28N4OS/c1-2-17-20-18(16-7-14-25-19(16)21-17)23-10-5-15(6-11-23)24-13-12-22-8-3-4-9-22/h7,14-15H,2-6,8-13H2,1H3. The Morgan fingerprint density at radius 3 is 2.72 bits per heavy atom. The number of hydrogen-bond acceptors (Lipinski definition) is 6. The predicted octanol–water partition coefficient (Wildman–Crippen LogP) is 3.33. The van der Waals surface area contributed by atoms with Crippen LogP contribution in [0.15, 0.2) is 11.4 Å². The van der Waals surface area contributed by atoms with Gasteiger partial charge in [0.15, 0.2) is 0 Å². The lowest BCUT2D eigenvalue weighted by Gasteiger charge is -2.33. The van der Waals surface area contributed by atoms with Crippen LogP contribution in [0.3, 0.4) is 0 Å². The topological polar surface area (TPSA) is 41.5 Å². The lowest BCUT2D eigenvalue weighted by Crippen LogP contribution is -2.38. The Hall–Kier alpha value is -1.24. The van der Waals surface area contributed by atoms with Crippen molar-refractivity contribution >= 4 is 27.4 Å². The molecular formula is C19H28N4OS. The number of fused-ring (bicyclic) bond motifs is 1. The molecule has 6 heteroatoms. The fourth-order valence-electron chi connectivity index (χ4n) is 3.87. The van der Waals surface area contributed by atoms with Crippen molar-refractivity contribution in [1.29, 1.82) is 0 Å². The molecule has 0 radical (unpaired) electrons. The Labute approximate surface area is 154 Å². The van der Waals surface area contributed by atoms with Crippen molar-refractivity contribution in [2.24, 2.45) is 0 Å². The fourth-order valence-corrected chi connectivity index (χ4v) is 4.65. The largest absolute Gasteiger partial charge is 0.377 e. The minimum atomic E-state index is 0.407. The zero-order valence-electron chi connectivity index (χ0n) is 15.1. The number of rotatable bonds is 6. The molecule has 0 N–H and O–H groups in total. The van der Waals surface area contributed by atoms with E-state index in [4.69, 9.17) is 9.72 Å². The smallest absolute Gasteiger partial charge is 0.141 e. The second kappa shape index (κ2) is 7.98. The van der Waals surface area contributed by atoms with Gasteiger partial charge in [-0.3, -0.25) is 0 Å². The molecule has 0 atom stereocenters. The van der Waals surface area contributed by atoms with E-state index < -0.39 is 0 Å². The number of likely N-dealkylation sites (tertiary alicyclic amines) is 1. The zero-order chi connectivity index (χ0) is 17.1. The van der Waals surface area contributed by atoms with E-state index in [0.717, 1.165) is 62.0 Å². The SMILES string of the molecule is CCc1nc(N2CCC(OCCN3CCCC3)CC2)c2ccsc2n1. The molecular weight excluding hydrogens is 332 g/mol. The Kier molecular flexibility index (Phi) is 5.48. The Bertz CT molecular complexity index is 690. The average molecular weight is 361 g/mol. The Balaban J connectivity index is 1.33. The maximum absolute atomic E-state index is 6.15. The molecule has 2 saturated heterocycles. The van der Waals surface area contributed by atoms with E-state index in [-0.39, 0.29) is 0 Å². The van der Waals surface area contributed by atoms with E-state index in [1.54, 1.807) is 11.3 Å². The fraction of sp³-hybridized carbons (Fsp3) is 0.684. The number of nitrogens with zero attached hydrogens (tertiary/aromatic N) is 4. The third-order valence-corrected chi connectivity index (χ3v) is 6.18. The highest BCUT2D eigenvalue weighted by Gasteiger charge is 2.23. The van der Waals surface area contributed by atoms with Gasteiger partial charge < -0.3 is 14.5 Å². The van der Waals surface area contributed by atoms with Crippen molar-refractivity contribution in [2.45, 2.75) is 45.1 Å². The molecule has 0 aliphatic carbocycles. The molecule has 2 fully saturated rings. The molecule has 0 aromatic carbocycles. The summed E-state index contributed by atoms with van der Waals surface area (Å²) in [6.07, 6.45) is 6.19. The Morgan fingerprint density at radius 2 is 1.96 bits per heavy atom. The van der Waals surface area contributed by atoms with Crippen molar-refractivity contribution in [1.82, 2.24) is 14.9 Å². The highest BCUT2D eigenvalue weighted by atomic mass is 32.1. The number of piperidine rings is 1. The van der Waals surface area contributed by atoms with Gasteiger partial charge >= 0.3 is 0 Å². The first-order valence-corrected chi connectivity index (χ1v) is 10.5. The van der Waals surface area contributed by atoms with Crippen molar-refractivity contribution < 1.29 is 4.74 Å². The minimum absolute atomic E-state index is 0.407. The highest BCUT2D eigenvalue weighted by Crippen LogP contribution is 2.30. The first-order valence-electron chi connectivity index (χ1n) is 9.66. The Morgan fingerprint density at radius 1 is 1.16 bits per heavy atom. The molecule has 25 heavy (non-hydrogen) atoms. The van der Waals surface area contributed by atoms with Crippen LogP contribution in [0, 0.1) is 0 Å². The van der Waals surface area contributed by atoms with Crippen LogP contribution >= 0.6 is 11.3 Å². The normalized spacial score (nSPS) is 20.0. The summed E-state index contributed by atoms with van der Waals surface area (Å²) in [4.78, 5) is 15.5. The summed E-state index contributed by atoms with van der Waals surface area (Å²) >= 11 is 1.71. The average Bonchev–Trinajstić information content (AvgIpc) is 3.33. The van der Waals surface area contributed by atoms with Crippen molar-refractivity contribution in [3.63, 3.8) is 0 Å². The number of hydrogen-bond donors (Lipinski definition) is 0. The second-order valence-corrected chi connectivity index (χ2v) is 7.96. The van der Waals surface area contributed by atoms with Gasteiger partial charge in [0.05, 0.1) is 18.1 Å². The van der Waals surface area contributed by atoms with Gasteiger partial charge in [-0.1, -0.05) is 6.92 Å². The van der Waals surface area contributed by atoms with E-state index in [2.05, 4.69) is 33.2 Å². The quantitative estimate of drug-likeness (QED) is 0.790. The molecule has 0 spiro atoms. The number of anilines is 1. The van der Waals surface area contributed by atoms with E-state index in [9.17, 15) is 0 Å². The zero-order valence-corrected chi connectivity index (χ0v) is 15.9. The summed E-state index contributed by atoms with van der Waals surface area (Å²) in [5, 5.41) is 3.33. The highest BCUT2D eigenvalue weighted by molar-refractivity contribution is 7.16. The van der Waals surface area contributed by atoms with Gasteiger partial charge in [-0.2, -0.15) is 0 Å². The summed E-state index contributed by atoms with van der Waals surface area (Å²) in [5.41, 5.74) is 0. The van der Waals surface area contributed by atoms with Crippen molar-refractivity contribution in [3.05, 3.63) is 17.3 Å². The van der Waals surface area contributed by atoms with Gasteiger partial charge in [0.2, 0.25) is 0 Å². The number of aromatic nitrogens is 2. The molecule has 2 aromatic rings. The van der Waals surface area contributed by atoms with Crippen LogP contribution in [0.4, 0.5) is 5.82 Å². The van der Waals surface area contributed by atoms with Gasteiger partial charge in [0.25, 0.3) is 0 Å². The molecule has 2 aliphatic heterocycles. The molecule has 4 rings (SSSR count). The molecule has 136 valence electrons. The van der Waals surface area contributed by atoms with Crippen LogP contribution in [0.25, 0.3) is 10.2 Å². The molecule has 5 nitrogen and oxygen atoms in total. The molecule has 0 amide bonds. The van der Waals surface area contributed by atoms with Gasteiger partial charge in [0.1, 0.15) is 16.5 Å². The summed E-state index contributed by atoms with van der Waals surface area (Å²) in [6, 6.07) is 2.16. The summed E-state index contributed by atoms with van der Waals surface area (Å²) in [6.45, 7) is 8.67. The maximum atomic E-state index is 6.15. The first-order chi connectivity index (χ1) is 12.3. The van der Waals surface area contributed by atoms with E-state index in [1.807, 2.05) is 0 Å². The lowest BCUT2D eigenvalue weighted by atomic mass is 10.1. The van der Waals surface area contributed by atoms with Crippen molar-refractivity contribution in [2.75, 3.05) is 44.2 Å². The molecule has 0 saturated carbocycles. The summed E-state index contributed by atoms with van der Waals surface area (Å²) < 4.78 is 6.15. The molecule has 0 bridgehead atoms. The first kappa shape index (κ1) is 17.2. The number of aryl methyl sites for hydroxylation is 1. The predicted molar refractivity (Wildman–Crippen MR) is 104 cm³/mol. The molecule has 4 heterocycles. The minimum Gasteiger partial charge on any atom is -0.377 e. The van der Waals surface area contributed by atoms with Crippen LogP contribution in [-0.2, 0) is 11.2 Å². The lowest BCUT2D eigenvalue weighted by molar-refractivity contribution is 0.0265. The van der Waals surface area contributed by atoms with Gasteiger partial charge in [-0.05, 0) is 50.2 Å². The van der Waals surface area contributed by atoms with Gasteiger partial charge in [0, 0.05) is 26.1 Å². The van der Waals surface area contributed by atoms with Crippen LogP contribution in [0.5, 0.6) is 0 Å². The summed E-state index contributed by atoms with van der Waals surface area (Å²) in [7, 11) is 0. The van der Waals surface area contributed by atoms with Crippen LogP contribution < -0.4 is 4.90 Å². The summed E-state index contributed by atoms with van der Waals surface area (Å²) in [5.74, 6) is 2.08.